The van der Waals surface area contributed by atoms with Crippen molar-refractivity contribution in [2.24, 2.45) is 0 Å². The fourth-order valence-electron chi connectivity index (χ4n) is 2.29. The summed E-state index contributed by atoms with van der Waals surface area (Å²) >= 11 is 1.36. The Hall–Kier alpha value is -3.26. The van der Waals surface area contributed by atoms with E-state index in [2.05, 4.69) is 20.4 Å². The molecule has 2 aromatic carbocycles. The van der Waals surface area contributed by atoms with Gasteiger partial charge in [-0.2, -0.15) is 0 Å². The molecule has 0 atom stereocenters. The molecule has 0 saturated heterocycles. The minimum atomic E-state index is -0.580. The molecule has 138 valence electrons. The number of ether oxygens (including phenoxy) is 1. The molecular weight excluding hydrogens is 369 g/mol. The molecule has 0 saturated carbocycles. The van der Waals surface area contributed by atoms with E-state index in [1.54, 1.807) is 42.6 Å². The molecule has 3 rings (SSSR count). The Bertz CT molecular complexity index is 940. The van der Waals surface area contributed by atoms with Crippen molar-refractivity contribution in [3.63, 3.8) is 0 Å². The molecule has 6 nitrogen and oxygen atoms in total. The normalized spacial score (nSPS) is 10.3. The van der Waals surface area contributed by atoms with Crippen LogP contribution in [0.1, 0.15) is 20.8 Å². The highest BCUT2D eigenvalue weighted by atomic mass is 32.1. The number of hydrogen-bond acceptors (Lipinski definition) is 5. The van der Waals surface area contributed by atoms with Crippen LogP contribution in [0.15, 0.2) is 54.7 Å². The van der Waals surface area contributed by atoms with Crippen LogP contribution >= 0.6 is 11.3 Å². The van der Waals surface area contributed by atoms with E-state index < -0.39 is 6.09 Å². The maximum atomic E-state index is 13.0. The van der Waals surface area contributed by atoms with Crippen molar-refractivity contribution < 1.29 is 18.7 Å². The van der Waals surface area contributed by atoms with E-state index >= 15 is 0 Å². The first-order chi connectivity index (χ1) is 13.0. The quantitative estimate of drug-likeness (QED) is 0.686. The monoisotopic (exact) mass is 385 g/mol. The highest BCUT2D eigenvalue weighted by Crippen LogP contribution is 2.22. The average Bonchev–Trinajstić information content (AvgIpc) is 3.11. The number of nitrogens with one attached hydrogen (secondary N) is 2. The molecule has 0 unspecified atom stereocenters. The predicted octanol–water partition coefficient (Wildman–Crippen LogP) is 4.30. The summed E-state index contributed by atoms with van der Waals surface area (Å²) in [7, 11) is 1.27. The van der Waals surface area contributed by atoms with Gasteiger partial charge in [-0.3, -0.25) is 15.4 Å². The average molecular weight is 385 g/mol. The van der Waals surface area contributed by atoms with E-state index in [1.807, 2.05) is 0 Å². The molecule has 0 fully saturated rings. The third kappa shape index (κ3) is 5.11. The number of halogens is 1. The number of benzene rings is 2. The maximum absolute atomic E-state index is 13.0. The van der Waals surface area contributed by atoms with E-state index in [0.717, 1.165) is 10.4 Å². The molecule has 3 aromatic rings. The zero-order valence-corrected chi connectivity index (χ0v) is 15.2. The van der Waals surface area contributed by atoms with Gasteiger partial charge in [0.15, 0.2) is 5.13 Å². The highest BCUT2D eigenvalue weighted by molar-refractivity contribution is 7.15. The van der Waals surface area contributed by atoms with Gasteiger partial charge >= 0.3 is 6.09 Å². The summed E-state index contributed by atoms with van der Waals surface area (Å²) in [6.07, 6.45) is 1.72. The molecule has 0 aliphatic carbocycles. The molecule has 8 heteroatoms. The van der Waals surface area contributed by atoms with Crippen molar-refractivity contribution in [3.8, 4) is 0 Å². The van der Waals surface area contributed by atoms with Gasteiger partial charge < -0.3 is 4.74 Å². The van der Waals surface area contributed by atoms with E-state index in [9.17, 15) is 14.0 Å². The number of amides is 2. The lowest BCUT2D eigenvalue weighted by atomic mass is 10.1. The van der Waals surface area contributed by atoms with Crippen LogP contribution in [-0.2, 0) is 11.2 Å². The number of hydrogen-bond donors (Lipinski definition) is 2. The van der Waals surface area contributed by atoms with Gasteiger partial charge in [-0.05, 0) is 42.0 Å². The number of anilines is 2. The third-order valence-corrected chi connectivity index (χ3v) is 4.56. The predicted molar refractivity (Wildman–Crippen MR) is 102 cm³/mol. The van der Waals surface area contributed by atoms with Gasteiger partial charge in [0.25, 0.3) is 5.91 Å². The van der Waals surface area contributed by atoms with Crippen LogP contribution in [-0.4, -0.2) is 24.1 Å². The van der Waals surface area contributed by atoms with Gasteiger partial charge in [0.05, 0.1) is 7.11 Å². The second-order valence-corrected chi connectivity index (χ2v) is 6.70. The van der Waals surface area contributed by atoms with Crippen molar-refractivity contribution in [2.45, 2.75) is 6.42 Å². The number of nitrogens with zero attached hydrogens (tertiary/aromatic N) is 1. The van der Waals surface area contributed by atoms with E-state index in [1.165, 1.54) is 30.6 Å². The molecule has 1 heterocycles. The summed E-state index contributed by atoms with van der Waals surface area (Å²) in [6.45, 7) is 0. The second kappa shape index (κ2) is 8.41. The van der Waals surface area contributed by atoms with Gasteiger partial charge in [-0.1, -0.05) is 12.1 Å². The molecule has 2 N–H and O–H groups in total. The Balaban J connectivity index is 1.60. The molecule has 1 aromatic heterocycles. The lowest BCUT2D eigenvalue weighted by Gasteiger charge is -2.05. The lowest BCUT2D eigenvalue weighted by molar-refractivity contribution is 0.102. The Morgan fingerprint density at radius 3 is 2.44 bits per heavy atom. The summed E-state index contributed by atoms with van der Waals surface area (Å²) in [5, 5.41) is 5.73. The molecular formula is C19H16FN3O3S. The van der Waals surface area contributed by atoms with Crippen molar-refractivity contribution >= 4 is 34.2 Å². The van der Waals surface area contributed by atoms with Crippen LogP contribution in [0.2, 0.25) is 0 Å². The smallest absolute Gasteiger partial charge is 0.411 e. The number of rotatable bonds is 5. The molecule has 0 aliphatic rings. The summed E-state index contributed by atoms with van der Waals surface area (Å²) in [4.78, 5) is 28.6. The summed E-state index contributed by atoms with van der Waals surface area (Å²) in [5.74, 6) is -0.578. The summed E-state index contributed by atoms with van der Waals surface area (Å²) < 4.78 is 17.5. The van der Waals surface area contributed by atoms with E-state index in [0.29, 0.717) is 22.8 Å². The van der Waals surface area contributed by atoms with Gasteiger partial charge in [-0.15, -0.1) is 11.3 Å². The number of carbonyl (C=O) groups excluding carboxylic acids is 2. The summed E-state index contributed by atoms with van der Waals surface area (Å²) in [6, 6.07) is 12.7. The zero-order chi connectivity index (χ0) is 19.2. The van der Waals surface area contributed by atoms with Crippen LogP contribution < -0.4 is 10.6 Å². The highest BCUT2D eigenvalue weighted by Gasteiger charge is 2.10. The number of aromatic nitrogens is 1. The molecule has 0 bridgehead atoms. The van der Waals surface area contributed by atoms with Crippen molar-refractivity contribution in [3.05, 3.63) is 76.5 Å². The Morgan fingerprint density at radius 2 is 1.78 bits per heavy atom. The van der Waals surface area contributed by atoms with Gasteiger partial charge in [-0.25, -0.2) is 14.2 Å². The zero-order valence-electron chi connectivity index (χ0n) is 14.4. The molecule has 0 spiro atoms. The first kappa shape index (κ1) is 18.5. The number of methoxy groups -OCH3 is 1. The molecule has 0 aliphatic heterocycles. The molecule has 2 amide bonds. The first-order valence-corrected chi connectivity index (χ1v) is 8.80. The Labute approximate surface area is 159 Å². The Kier molecular flexibility index (Phi) is 5.77. The number of carbonyl (C=O) groups is 2. The fourth-order valence-corrected chi connectivity index (χ4v) is 3.14. The Morgan fingerprint density at radius 1 is 1.07 bits per heavy atom. The topological polar surface area (TPSA) is 80.3 Å². The van der Waals surface area contributed by atoms with Crippen molar-refractivity contribution in [2.75, 3.05) is 17.7 Å². The minimum absolute atomic E-state index is 0.274. The molecule has 27 heavy (non-hydrogen) atoms. The van der Waals surface area contributed by atoms with Crippen LogP contribution in [0.3, 0.4) is 0 Å². The van der Waals surface area contributed by atoms with Crippen LogP contribution in [0.4, 0.5) is 20.0 Å². The van der Waals surface area contributed by atoms with Crippen LogP contribution in [0.25, 0.3) is 0 Å². The van der Waals surface area contributed by atoms with Gasteiger partial charge in [0.1, 0.15) is 5.82 Å². The minimum Gasteiger partial charge on any atom is -0.453 e. The van der Waals surface area contributed by atoms with Crippen molar-refractivity contribution in [1.82, 2.24) is 4.98 Å². The first-order valence-electron chi connectivity index (χ1n) is 7.99. The SMILES string of the molecule is COC(=O)Nc1ccc(C(=O)Nc2ncc(Cc3ccc(F)cc3)s2)cc1. The lowest BCUT2D eigenvalue weighted by Crippen LogP contribution is -2.13. The van der Waals surface area contributed by atoms with Gasteiger partial charge in [0, 0.05) is 28.7 Å². The second-order valence-electron chi connectivity index (χ2n) is 5.58. The van der Waals surface area contributed by atoms with Crippen molar-refractivity contribution in [1.29, 1.82) is 0 Å². The standard InChI is InChI=1S/C19H16FN3O3S/c1-26-19(25)22-15-8-4-13(5-9-15)17(24)23-18-21-11-16(27-18)10-12-2-6-14(20)7-3-12/h2-9,11H,10H2,1H3,(H,22,25)(H,21,23,24). The number of thiazole rings is 1. The van der Waals surface area contributed by atoms with Crippen LogP contribution in [0, 0.1) is 5.82 Å². The largest absolute Gasteiger partial charge is 0.453 e. The van der Waals surface area contributed by atoms with Crippen LogP contribution in [0.5, 0.6) is 0 Å². The van der Waals surface area contributed by atoms with E-state index in [4.69, 9.17) is 0 Å². The fraction of sp³-hybridized carbons (Fsp3) is 0.105. The van der Waals surface area contributed by atoms with E-state index in [-0.39, 0.29) is 11.7 Å². The third-order valence-electron chi connectivity index (χ3n) is 3.64. The maximum Gasteiger partial charge on any atom is 0.411 e. The van der Waals surface area contributed by atoms with Gasteiger partial charge in [0.2, 0.25) is 0 Å². The summed E-state index contributed by atoms with van der Waals surface area (Å²) in [5.41, 5.74) is 1.92. The molecule has 0 radical (unpaired) electrons.